The van der Waals surface area contributed by atoms with Crippen molar-refractivity contribution in [3.05, 3.63) is 215 Å². The molecule has 360 valence electrons. The number of rotatable bonds is 10. The molecule has 0 fully saturated rings. The maximum atomic E-state index is 14.8. The lowest BCUT2D eigenvalue weighted by Crippen LogP contribution is -2.08. The second-order valence-corrected chi connectivity index (χ2v) is 23.1. The SMILES string of the molecule is [C-]#[N+]/C(C#N)=C1\C(=c2/cc(Cc3c(C(C)C)cc(C(C)C)cc3C(C)C)/c(=c3\s/c(=C4\C(=O)c5ccccc5\C4=C(\C#N)[N+]#[C-])cc3Cc3c(C(C)C)cc(C(C)C)cc3C(C)C)s2)C(=O)c2ccccc21. The highest BCUT2D eigenvalue weighted by atomic mass is 32.1. The van der Waals surface area contributed by atoms with Crippen molar-refractivity contribution in [1.82, 2.24) is 0 Å². The van der Waals surface area contributed by atoms with Crippen LogP contribution in [-0.4, -0.2) is 11.6 Å². The molecule has 0 spiro atoms. The lowest BCUT2D eigenvalue weighted by Gasteiger charge is -2.23. The fourth-order valence-electron chi connectivity index (χ4n) is 10.6. The second kappa shape index (κ2) is 20.5. The fraction of sp³-hybridized carbons (Fsp3) is 0.312. The average molecular weight is 981 g/mol. The van der Waals surface area contributed by atoms with E-state index < -0.39 is 0 Å². The summed E-state index contributed by atoms with van der Waals surface area (Å²) in [6.45, 7) is 43.1. The summed E-state index contributed by atoms with van der Waals surface area (Å²) < 4.78 is 3.19. The number of allylic oxidation sites excluding steroid dienone is 4. The summed E-state index contributed by atoms with van der Waals surface area (Å²) in [7, 11) is 0. The minimum absolute atomic E-state index is 0.136. The molecule has 0 bridgehead atoms. The highest BCUT2D eigenvalue weighted by molar-refractivity contribution is 7.12. The van der Waals surface area contributed by atoms with Crippen molar-refractivity contribution >= 4 is 56.5 Å². The number of thiophene rings is 2. The third kappa shape index (κ3) is 9.05. The third-order valence-corrected chi connectivity index (χ3v) is 16.9. The predicted molar refractivity (Wildman–Crippen MR) is 295 cm³/mol. The van der Waals surface area contributed by atoms with Crippen LogP contribution in [-0.2, 0) is 12.8 Å². The van der Waals surface area contributed by atoms with Crippen LogP contribution in [0.4, 0.5) is 0 Å². The van der Waals surface area contributed by atoms with Crippen molar-refractivity contribution in [3.63, 3.8) is 0 Å². The first-order valence-electron chi connectivity index (χ1n) is 25.0. The number of ketones is 2. The molecule has 0 unspecified atom stereocenters. The monoisotopic (exact) mass is 980 g/mol. The van der Waals surface area contributed by atoms with E-state index in [4.69, 9.17) is 13.1 Å². The molecule has 8 rings (SSSR count). The van der Waals surface area contributed by atoms with E-state index in [0.717, 1.165) is 20.2 Å². The number of carbonyl (C=O) groups excluding carboxylic acids is 2. The van der Waals surface area contributed by atoms with E-state index in [9.17, 15) is 20.1 Å². The number of nitriles is 2. The molecule has 72 heavy (non-hydrogen) atoms. The first kappa shape index (κ1) is 51.2. The van der Waals surface area contributed by atoms with Gasteiger partial charge in [-0.05, 0) is 127 Å². The molecule has 2 aliphatic carbocycles. The van der Waals surface area contributed by atoms with Gasteiger partial charge in [0.25, 0.3) is 11.4 Å². The van der Waals surface area contributed by atoms with E-state index in [0.29, 0.717) is 78.3 Å². The maximum Gasteiger partial charge on any atom is 0.270 e. The van der Waals surface area contributed by atoms with Crippen LogP contribution in [0.25, 0.3) is 32.0 Å². The summed E-state index contributed by atoms with van der Waals surface area (Å²) >= 11 is 2.99. The van der Waals surface area contributed by atoms with Crippen LogP contribution < -0.4 is 9.06 Å². The molecular weight excluding hydrogens is 921 g/mol. The zero-order valence-corrected chi connectivity index (χ0v) is 45.0. The van der Waals surface area contributed by atoms with Crippen LogP contribution in [0.15, 0.2) is 96.3 Å². The normalized spacial score (nSPS) is 16.7. The number of carbonyl (C=O) groups is 2. The van der Waals surface area contributed by atoms with Crippen molar-refractivity contribution < 1.29 is 9.59 Å². The van der Waals surface area contributed by atoms with Crippen LogP contribution in [0.1, 0.15) is 206 Å². The van der Waals surface area contributed by atoms with Crippen LogP contribution >= 0.6 is 22.7 Å². The summed E-state index contributed by atoms with van der Waals surface area (Å²) in [6.07, 6.45) is 1.08. The smallest absolute Gasteiger partial charge is 0.270 e. The van der Waals surface area contributed by atoms with Crippen molar-refractivity contribution in [1.29, 1.82) is 10.5 Å². The van der Waals surface area contributed by atoms with Gasteiger partial charge in [-0.15, -0.1) is 22.7 Å². The van der Waals surface area contributed by atoms with E-state index in [-0.39, 0.29) is 46.6 Å². The number of nitrogens with zero attached hydrogens (tertiary/aromatic N) is 4. The van der Waals surface area contributed by atoms with Gasteiger partial charge in [0.15, 0.2) is 11.6 Å². The Labute approximate surface area is 433 Å². The number of hydrogen-bond acceptors (Lipinski definition) is 6. The Hall–Kier alpha value is -7.20. The van der Waals surface area contributed by atoms with Gasteiger partial charge in [-0.2, -0.15) is 0 Å². The third-order valence-electron chi connectivity index (χ3n) is 14.3. The summed E-state index contributed by atoms with van der Waals surface area (Å²) in [5, 5.41) is 20.9. The van der Waals surface area contributed by atoms with E-state index in [1.807, 2.05) is 36.4 Å². The predicted octanol–water partition coefficient (Wildman–Crippen LogP) is 15.4. The van der Waals surface area contributed by atoms with E-state index in [2.05, 4.69) is 141 Å². The van der Waals surface area contributed by atoms with Crippen molar-refractivity contribution in [2.24, 2.45) is 0 Å². The Bertz CT molecular complexity index is 3410. The Morgan fingerprint density at radius 3 is 1.06 bits per heavy atom. The Balaban J connectivity index is 1.63. The molecule has 0 N–H and O–H groups in total. The fourth-order valence-corrected chi connectivity index (χ4v) is 13.2. The molecule has 0 atom stereocenters. The van der Waals surface area contributed by atoms with Gasteiger partial charge in [0.1, 0.15) is 0 Å². The summed E-state index contributed by atoms with van der Waals surface area (Å²) in [5.41, 5.74) is 15.3. The first-order valence-corrected chi connectivity index (χ1v) is 26.6. The van der Waals surface area contributed by atoms with E-state index in [1.165, 1.54) is 67.2 Å². The van der Waals surface area contributed by atoms with Crippen molar-refractivity contribution in [3.8, 4) is 12.1 Å². The topological polar surface area (TPSA) is 90.4 Å². The highest BCUT2D eigenvalue weighted by Crippen LogP contribution is 2.43. The molecule has 0 aliphatic heterocycles. The molecular formula is C64H60N4O2S2. The molecule has 0 saturated heterocycles. The largest absolute Gasteiger partial charge is 0.289 e. The Morgan fingerprint density at radius 2 is 0.792 bits per heavy atom. The van der Waals surface area contributed by atoms with Gasteiger partial charge in [-0.25, -0.2) is 20.2 Å². The van der Waals surface area contributed by atoms with Crippen LogP contribution in [0.5, 0.6) is 0 Å². The molecule has 2 heterocycles. The number of fused-ring (bicyclic) bond motifs is 2. The van der Waals surface area contributed by atoms with Gasteiger partial charge in [0.05, 0.1) is 25.3 Å². The van der Waals surface area contributed by atoms with Gasteiger partial charge in [-0.3, -0.25) is 9.59 Å². The van der Waals surface area contributed by atoms with Gasteiger partial charge >= 0.3 is 0 Å². The standard InChI is InChI=1S/C64H60N4O2S2/c1-33(2)39-23-47(35(5)6)51(48(24-39)36(7)8)27-41-29-55(59-57(53(31-65)67-13)43-19-15-17-21-45(43)61(59)69)71-63(41)64-42(28-52-49(37(9)10)25-40(34(3)4)26-50(52)38(11)12)30-56(72-64)60-58(54(32-66)68-14)44-20-16-18-22-46(44)62(60)70/h15-26,29-30,33-38H,27-28H2,1-12H3/b57-53-,58-54+,59-55-,60-56-,64-63+. The van der Waals surface area contributed by atoms with Crippen LogP contribution in [0.2, 0.25) is 0 Å². The van der Waals surface area contributed by atoms with E-state index >= 15 is 0 Å². The quantitative estimate of drug-likeness (QED) is 0.101. The minimum Gasteiger partial charge on any atom is -0.289 e. The number of Topliss-reactive ketones (excluding diaryl/α,β-unsaturated/α-hetero) is 2. The molecule has 2 aliphatic rings. The highest BCUT2D eigenvalue weighted by Gasteiger charge is 2.35. The second-order valence-electron chi connectivity index (χ2n) is 21.0. The van der Waals surface area contributed by atoms with Crippen molar-refractivity contribution in [2.45, 2.75) is 131 Å². The average Bonchev–Trinajstić information content (AvgIpc) is 4.10. The molecule has 8 heteroatoms. The Morgan fingerprint density at radius 1 is 0.486 bits per heavy atom. The molecule has 6 nitrogen and oxygen atoms in total. The lowest BCUT2D eigenvalue weighted by molar-refractivity contribution is 0.105. The van der Waals surface area contributed by atoms with Gasteiger partial charge in [0.2, 0.25) is 0 Å². The molecule has 4 aromatic carbocycles. The molecule has 0 radical (unpaired) electrons. The van der Waals surface area contributed by atoms with Crippen LogP contribution in [0, 0.1) is 44.9 Å². The first-order chi connectivity index (χ1) is 34.3. The summed E-state index contributed by atoms with van der Waals surface area (Å²) in [6, 6.07) is 32.4. The zero-order valence-electron chi connectivity index (χ0n) is 43.4. The van der Waals surface area contributed by atoms with Gasteiger partial charge in [0, 0.05) is 51.5 Å². The maximum absolute atomic E-state index is 14.8. The van der Waals surface area contributed by atoms with Crippen LogP contribution in [0.3, 0.4) is 0 Å². The summed E-state index contributed by atoms with van der Waals surface area (Å²) in [5.74, 6) is 1.02. The van der Waals surface area contributed by atoms with Crippen molar-refractivity contribution in [2.75, 3.05) is 0 Å². The molecule has 0 saturated carbocycles. The molecule has 0 amide bonds. The minimum atomic E-state index is -0.230. The summed E-state index contributed by atoms with van der Waals surface area (Å²) in [4.78, 5) is 37.1. The molecule has 6 aromatic rings. The number of hydrogen-bond donors (Lipinski definition) is 0. The molecule has 2 aromatic heterocycles. The Kier molecular flexibility index (Phi) is 14.6. The van der Waals surface area contributed by atoms with E-state index in [1.54, 1.807) is 12.1 Å². The number of benzene rings is 4. The van der Waals surface area contributed by atoms with Gasteiger partial charge in [-0.1, -0.05) is 156 Å². The lowest BCUT2D eigenvalue weighted by atomic mass is 9.82. The van der Waals surface area contributed by atoms with Gasteiger partial charge < -0.3 is 0 Å². The zero-order chi connectivity index (χ0) is 52.0.